The minimum atomic E-state index is 0.0761. The Labute approximate surface area is 120 Å². The van der Waals surface area contributed by atoms with Crippen LogP contribution in [0.15, 0.2) is 18.2 Å². The number of amides is 1. The van der Waals surface area contributed by atoms with E-state index in [9.17, 15) is 4.79 Å². The summed E-state index contributed by atoms with van der Waals surface area (Å²) in [7, 11) is 3.20. The molecule has 1 saturated carbocycles. The van der Waals surface area contributed by atoms with E-state index < -0.39 is 0 Å². The van der Waals surface area contributed by atoms with Crippen molar-refractivity contribution in [3.8, 4) is 11.5 Å². The fraction of sp³-hybridized carbons (Fsp3) is 0.562. The average molecular weight is 277 g/mol. The molecule has 4 nitrogen and oxygen atoms in total. The molecule has 0 aliphatic heterocycles. The molecule has 1 aromatic rings. The number of ether oxygens (including phenoxy) is 2. The van der Waals surface area contributed by atoms with Gasteiger partial charge in [-0.2, -0.15) is 0 Å². The van der Waals surface area contributed by atoms with Crippen LogP contribution in [0.2, 0.25) is 0 Å². The maximum atomic E-state index is 12.1. The number of hydrogen-bond donors (Lipinski definition) is 1. The number of carbonyl (C=O) groups is 1. The zero-order valence-corrected chi connectivity index (χ0v) is 12.3. The van der Waals surface area contributed by atoms with Crippen molar-refractivity contribution in [2.45, 2.75) is 38.5 Å². The van der Waals surface area contributed by atoms with Crippen molar-refractivity contribution in [2.75, 3.05) is 19.5 Å². The Morgan fingerprint density at radius 1 is 1.10 bits per heavy atom. The Morgan fingerprint density at radius 3 is 2.25 bits per heavy atom. The highest BCUT2D eigenvalue weighted by Crippen LogP contribution is 2.28. The summed E-state index contributed by atoms with van der Waals surface area (Å²) in [4.78, 5) is 12.1. The predicted octanol–water partition coefficient (Wildman–Crippen LogP) is 3.61. The number of nitrogens with one attached hydrogen (secondary N) is 1. The first-order valence-electron chi connectivity index (χ1n) is 7.24. The van der Waals surface area contributed by atoms with Gasteiger partial charge in [-0.25, -0.2) is 0 Å². The number of carbonyl (C=O) groups excluding carboxylic acids is 1. The van der Waals surface area contributed by atoms with Gasteiger partial charge < -0.3 is 14.8 Å². The number of hydrogen-bond acceptors (Lipinski definition) is 3. The summed E-state index contributed by atoms with van der Waals surface area (Å²) in [5.41, 5.74) is 0.724. The molecule has 1 N–H and O–H groups in total. The van der Waals surface area contributed by atoms with Crippen molar-refractivity contribution in [1.82, 2.24) is 0 Å². The first-order chi connectivity index (χ1) is 9.71. The summed E-state index contributed by atoms with van der Waals surface area (Å²) in [6.45, 7) is 0. The quantitative estimate of drug-likeness (QED) is 0.894. The molecule has 0 atom stereocenters. The summed E-state index contributed by atoms with van der Waals surface area (Å²) < 4.78 is 10.4. The Bertz CT molecular complexity index is 431. The van der Waals surface area contributed by atoms with Gasteiger partial charge in [0.2, 0.25) is 5.91 Å². The topological polar surface area (TPSA) is 47.6 Å². The van der Waals surface area contributed by atoms with E-state index in [1.807, 2.05) is 0 Å². The molecule has 0 unspecified atom stereocenters. The molecule has 4 heteroatoms. The highest BCUT2D eigenvalue weighted by molar-refractivity contribution is 5.91. The van der Waals surface area contributed by atoms with E-state index in [-0.39, 0.29) is 5.91 Å². The number of benzene rings is 1. The molecule has 1 aliphatic rings. The lowest BCUT2D eigenvalue weighted by atomic mass is 9.87. The van der Waals surface area contributed by atoms with Crippen LogP contribution < -0.4 is 14.8 Å². The summed E-state index contributed by atoms with van der Waals surface area (Å²) in [5, 5.41) is 2.94. The summed E-state index contributed by atoms with van der Waals surface area (Å²) in [6, 6.07) is 5.40. The minimum absolute atomic E-state index is 0.0761. The van der Waals surface area contributed by atoms with Gasteiger partial charge in [0.25, 0.3) is 0 Å². The van der Waals surface area contributed by atoms with Crippen LogP contribution in [-0.4, -0.2) is 20.1 Å². The van der Waals surface area contributed by atoms with E-state index in [0.717, 1.165) is 5.69 Å². The molecule has 1 aromatic carbocycles. The third-order valence-electron chi connectivity index (χ3n) is 3.83. The van der Waals surface area contributed by atoms with Crippen LogP contribution in [0, 0.1) is 5.92 Å². The zero-order chi connectivity index (χ0) is 14.4. The Balaban J connectivity index is 1.95. The van der Waals surface area contributed by atoms with Gasteiger partial charge in [0, 0.05) is 30.3 Å². The van der Waals surface area contributed by atoms with Crippen molar-refractivity contribution in [3.63, 3.8) is 0 Å². The second-order valence-corrected chi connectivity index (χ2v) is 5.36. The molecule has 1 amide bonds. The maximum absolute atomic E-state index is 12.1. The number of methoxy groups -OCH3 is 2. The van der Waals surface area contributed by atoms with E-state index in [0.29, 0.717) is 23.8 Å². The summed E-state index contributed by atoms with van der Waals surface area (Å²) in [5.74, 6) is 1.97. The SMILES string of the molecule is COc1cc(NC(=O)CC2CCCCC2)cc(OC)c1. The van der Waals surface area contributed by atoms with Crippen LogP contribution in [0.25, 0.3) is 0 Å². The van der Waals surface area contributed by atoms with Crippen LogP contribution in [0.5, 0.6) is 11.5 Å². The smallest absolute Gasteiger partial charge is 0.224 e. The summed E-state index contributed by atoms with van der Waals surface area (Å²) >= 11 is 0. The number of rotatable bonds is 5. The van der Waals surface area contributed by atoms with Gasteiger partial charge in [-0.15, -0.1) is 0 Å². The van der Waals surface area contributed by atoms with Crippen LogP contribution in [-0.2, 0) is 4.79 Å². The molecule has 110 valence electrons. The second-order valence-electron chi connectivity index (χ2n) is 5.36. The first kappa shape index (κ1) is 14.7. The second kappa shape index (κ2) is 7.17. The minimum Gasteiger partial charge on any atom is -0.497 e. The molecule has 20 heavy (non-hydrogen) atoms. The Kier molecular flexibility index (Phi) is 5.27. The normalized spacial score (nSPS) is 15.7. The monoisotopic (exact) mass is 277 g/mol. The molecular weight excluding hydrogens is 254 g/mol. The Morgan fingerprint density at radius 2 is 1.70 bits per heavy atom. The highest BCUT2D eigenvalue weighted by atomic mass is 16.5. The Hall–Kier alpha value is -1.71. The van der Waals surface area contributed by atoms with Crippen molar-refractivity contribution < 1.29 is 14.3 Å². The molecule has 0 aromatic heterocycles. The predicted molar refractivity (Wildman–Crippen MR) is 79.4 cm³/mol. The summed E-state index contributed by atoms with van der Waals surface area (Å²) in [6.07, 6.45) is 6.78. The van der Waals surface area contributed by atoms with Crippen LogP contribution in [0.3, 0.4) is 0 Å². The molecule has 0 heterocycles. The first-order valence-corrected chi connectivity index (χ1v) is 7.24. The molecule has 0 bridgehead atoms. The van der Waals surface area contributed by atoms with E-state index >= 15 is 0 Å². The standard InChI is InChI=1S/C16H23NO3/c1-19-14-9-13(10-15(11-14)20-2)17-16(18)8-12-6-4-3-5-7-12/h9-12H,3-8H2,1-2H3,(H,17,18). The third-order valence-corrected chi connectivity index (χ3v) is 3.83. The van der Waals surface area contributed by atoms with Gasteiger partial charge in [-0.05, 0) is 18.8 Å². The fourth-order valence-corrected chi connectivity index (χ4v) is 2.75. The van der Waals surface area contributed by atoms with Gasteiger partial charge in [-0.3, -0.25) is 4.79 Å². The lowest BCUT2D eigenvalue weighted by molar-refractivity contribution is -0.117. The maximum Gasteiger partial charge on any atom is 0.224 e. The van der Waals surface area contributed by atoms with Crippen molar-refractivity contribution in [1.29, 1.82) is 0 Å². The van der Waals surface area contributed by atoms with Crippen molar-refractivity contribution in [2.24, 2.45) is 5.92 Å². The largest absolute Gasteiger partial charge is 0.497 e. The van der Waals surface area contributed by atoms with E-state index in [2.05, 4.69) is 5.32 Å². The third kappa shape index (κ3) is 4.15. The van der Waals surface area contributed by atoms with Crippen LogP contribution in [0.4, 0.5) is 5.69 Å². The molecule has 0 spiro atoms. The molecular formula is C16H23NO3. The van der Waals surface area contributed by atoms with Gasteiger partial charge in [0.15, 0.2) is 0 Å². The fourth-order valence-electron chi connectivity index (χ4n) is 2.75. The molecule has 0 radical (unpaired) electrons. The van der Waals surface area contributed by atoms with Crippen LogP contribution >= 0.6 is 0 Å². The lowest BCUT2D eigenvalue weighted by Gasteiger charge is -2.21. The molecule has 0 saturated heterocycles. The van der Waals surface area contributed by atoms with E-state index in [1.165, 1.54) is 32.1 Å². The van der Waals surface area contributed by atoms with Crippen molar-refractivity contribution in [3.05, 3.63) is 18.2 Å². The van der Waals surface area contributed by atoms with Gasteiger partial charge >= 0.3 is 0 Å². The van der Waals surface area contributed by atoms with Gasteiger partial charge in [-0.1, -0.05) is 19.3 Å². The van der Waals surface area contributed by atoms with E-state index in [1.54, 1.807) is 32.4 Å². The molecule has 1 fully saturated rings. The van der Waals surface area contributed by atoms with E-state index in [4.69, 9.17) is 9.47 Å². The van der Waals surface area contributed by atoms with Gasteiger partial charge in [0.05, 0.1) is 14.2 Å². The molecule has 2 rings (SSSR count). The average Bonchev–Trinajstić information content (AvgIpc) is 2.47. The van der Waals surface area contributed by atoms with Gasteiger partial charge in [0.1, 0.15) is 11.5 Å². The van der Waals surface area contributed by atoms with Crippen molar-refractivity contribution >= 4 is 11.6 Å². The number of anilines is 1. The molecule has 1 aliphatic carbocycles. The zero-order valence-electron chi connectivity index (χ0n) is 12.3. The van der Waals surface area contributed by atoms with Crippen LogP contribution in [0.1, 0.15) is 38.5 Å². The lowest BCUT2D eigenvalue weighted by Crippen LogP contribution is -2.18. The highest BCUT2D eigenvalue weighted by Gasteiger charge is 2.17.